The summed E-state index contributed by atoms with van der Waals surface area (Å²) in [6, 6.07) is 13.5. The second-order valence-corrected chi connectivity index (χ2v) is 5.45. The molecule has 110 valence electrons. The fourth-order valence-corrected chi connectivity index (χ4v) is 1.97. The molecule has 0 atom stereocenters. The van der Waals surface area contributed by atoms with Crippen molar-refractivity contribution in [2.45, 2.75) is 26.9 Å². The summed E-state index contributed by atoms with van der Waals surface area (Å²) in [5, 5.41) is 4.96. The average molecular weight is 303 g/mol. The third-order valence-electron chi connectivity index (χ3n) is 2.85. The summed E-state index contributed by atoms with van der Waals surface area (Å²) >= 11 is 6.08. The van der Waals surface area contributed by atoms with Gasteiger partial charge in [-0.15, -0.1) is 0 Å². The van der Waals surface area contributed by atoms with Crippen LogP contribution in [0.3, 0.4) is 0 Å². The Kier molecular flexibility index (Phi) is 5.23. The maximum atomic E-state index is 6.08. The Balaban J connectivity index is 2.09. The maximum Gasteiger partial charge on any atom is 0.128 e. The summed E-state index contributed by atoms with van der Waals surface area (Å²) < 4.78 is 5.74. The molecule has 1 N–H and O–H groups in total. The normalized spacial score (nSPS) is 11.1. The molecule has 0 saturated heterocycles. The van der Waals surface area contributed by atoms with Crippen LogP contribution in [0.2, 0.25) is 5.02 Å². The van der Waals surface area contributed by atoms with E-state index in [0.29, 0.717) is 0 Å². The standard InChI is InChI=1S/C17H19ClN2O/c1-12(2)21-17-7-5-4-6-14(17)11-19-20-15-9-8-13(3)16(18)10-15/h4-12,20H,1-3H3. The second-order valence-electron chi connectivity index (χ2n) is 5.04. The van der Waals surface area contributed by atoms with Crippen molar-refractivity contribution in [1.82, 2.24) is 0 Å². The molecule has 0 amide bonds. The first-order chi connectivity index (χ1) is 10.1. The molecule has 0 heterocycles. The lowest BCUT2D eigenvalue weighted by Gasteiger charge is -2.11. The largest absolute Gasteiger partial charge is 0.490 e. The van der Waals surface area contributed by atoms with E-state index >= 15 is 0 Å². The van der Waals surface area contributed by atoms with E-state index in [4.69, 9.17) is 16.3 Å². The molecule has 0 aliphatic heterocycles. The van der Waals surface area contributed by atoms with Crippen LogP contribution in [0.25, 0.3) is 0 Å². The van der Waals surface area contributed by atoms with Crippen molar-refractivity contribution >= 4 is 23.5 Å². The molecule has 0 unspecified atom stereocenters. The fraction of sp³-hybridized carbons (Fsp3) is 0.235. The summed E-state index contributed by atoms with van der Waals surface area (Å²) in [5.74, 6) is 0.819. The van der Waals surface area contributed by atoms with Gasteiger partial charge in [0.05, 0.1) is 18.0 Å². The minimum atomic E-state index is 0.128. The molecular weight excluding hydrogens is 284 g/mol. The molecule has 4 heteroatoms. The Labute approximate surface area is 130 Å². The highest BCUT2D eigenvalue weighted by atomic mass is 35.5. The van der Waals surface area contributed by atoms with Gasteiger partial charge < -0.3 is 4.74 Å². The van der Waals surface area contributed by atoms with Crippen LogP contribution in [0.1, 0.15) is 25.0 Å². The van der Waals surface area contributed by atoms with Crippen LogP contribution >= 0.6 is 11.6 Å². The Morgan fingerprint density at radius 2 is 1.95 bits per heavy atom. The van der Waals surface area contributed by atoms with Crippen LogP contribution in [0.5, 0.6) is 5.75 Å². The van der Waals surface area contributed by atoms with Crippen molar-refractivity contribution in [1.29, 1.82) is 0 Å². The number of halogens is 1. The van der Waals surface area contributed by atoms with Gasteiger partial charge in [-0.1, -0.05) is 29.8 Å². The van der Waals surface area contributed by atoms with E-state index in [9.17, 15) is 0 Å². The number of para-hydroxylation sites is 1. The monoisotopic (exact) mass is 302 g/mol. The smallest absolute Gasteiger partial charge is 0.128 e. The van der Waals surface area contributed by atoms with Gasteiger partial charge >= 0.3 is 0 Å². The lowest BCUT2D eigenvalue weighted by molar-refractivity contribution is 0.242. The number of aryl methyl sites for hydroxylation is 1. The van der Waals surface area contributed by atoms with Crippen LogP contribution in [-0.2, 0) is 0 Å². The highest BCUT2D eigenvalue weighted by Gasteiger charge is 2.02. The highest BCUT2D eigenvalue weighted by molar-refractivity contribution is 6.31. The van der Waals surface area contributed by atoms with E-state index in [1.807, 2.05) is 63.2 Å². The van der Waals surface area contributed by atoms with Gasteiger partial charge in [-0.05, 0) is 50.6 Å². The number of benzene rings is 2. The first-order valence-corrected chi connectivity index (χ1v) is 7.25. The zero-order chi connectivity index (χ0) is 15.2. The minimum absolute atomic E-state index is 0.128. The summed E-state index contributed by atoms with van der Waals surface area (Å²) in [7, 11) is 0. The van der Waals surface area contributed by atoms with Gasteiger partial charge in [0.1, 0.15) is 5.75 Å². The van der Waals surface area contributed by atoms with Gasteiger partial charge in [-0.3, -0.25) is 5.43 Å². The summed E-state index contributed by atoms with van der Waals surface area (Å²) in [5.41, 5.74) is 5.79. The SMILES string of the molecule is Cc1ccc(NN=Cc2ccccc2OC(C)C)cc1Cl. The maximum absolute atomic E-state index is 6.08. The number of hydrogen-bond acceptors (Lipinski definition) is 3. The summed E-state index contributed by atoms with van der Waals surface area (Å²) in [6.07, 6.45) is 1.87. The molecule has 2 aromatic carbocycles. The van der Waals surface area contributed by atoms with Gasteiger partial charge in [-0.25, -0.2) is 0 Å². The Morgan fingerprint density at radius 3 is 2.67 bits per heavy atom. The predicted molar refractivity (Wildman–Crippen MR) is 89.6 cm³/mol. The van der Waals surface area contributed by atoms with Gasteiger partial charge in [-0.2, -0.15) is 5.10 Å². The first kappa shape index (κ1) is 15.4. The molecule has 3 nitrogen and oxygen atoms in total. The third kappa shape index (κ3) is 4.50. The molecule has 0 aromatic heterocycles. The zero-order valence-corrected chi connectivity index (χ0v) is 13.2. The number of rotatable bonds is 5. The van der Waals surface area contributed by atoms with E-state index in [1.54, 1.807) is 6.21 Å². The predicted octanol–water partition coefficient (Wildman–Crippen LogP) is 4.88. The van der Waals surface area contributed by atoms with Crippen molar-refractivity contribution < 1.29 is 4.74 Å². The van der Waals surface area contributed by atoms with Crippen molar-refractivity contribution in [3.8, 4) is 5.75 Å². The lowest BCUT2D eigenvalue weighted by atomic mass is 10.2. The average Bonchev–Trinajstić information content (AvgIpc) is 2.44. The molecule has 0 radical (unpaired) electrons. The van der Waals surface area contributed by atoms with E-state index in [1.165, 1.54) is 0 Å². The number of nitrogens with zero attached hydrogens (tertiary/aromatic N) is 1. The molecular formula is C17H19ClN2O. The van der Waals surface area contributed by atoms with Crippen molar-refractivity contribution in [2.24, 2.45) is 5.10 Å². The molecule has 0 spiro atoms. The summed E-state index contributed by atoms with van der Waals surface area (Å²) in [6.45, 7) is 5.97. The summed E-state index contributed by atoms with van der Waals surface area (Å²) in [4.78, 5) is 0. The Hall–Kier alpha value is -2.00. The third-order valence-corrected chi connectivity index (χ3v) is 3.26. The lowest BCUT2D eigenvalue weighted by Crippen LogP contribution is -2.07. The molecule has 0 saturated carbocycles. The fourth-order valence-electron chi connectivity index (χ4n) is 1.79. The minimum Gasteiger partial charge on any atom is -0.490 e. The molecule has 0 bridgehead atoms. The van der Waals surface area contributed by atoms with Crippen LogP contribution in [0.4, 0.5) is 5.69 Å². The molecule has 0 aliphatic carbocycles. The molecule has 2 aromatic rings. The van der Waals surface area contributed by atoms with E-state index in [2.05, 4.69) is 10.5 Å². The van der Waals surface area contributed by atoms with Crippen LogP contribution in [0, 0.1) is 6.92 Å². The number of ether oxygens (including phenoxy) is 1. The Morgan fingerprint density at radius 1 is 1.19 bits per heavy atom. The first-order valence-electron chi connectivity index (χ1n) is 6.87. The van der Waals surface area contributed by atoms with Crippen molar-refractivity contribution in [2.75, 3.05) is 5.43 Å². The van der Waals surface area contributed by atoms with Crippen molar-refractivity contribution in [3.05, 3.63) is 58.6 Å². The number of nitrogens with one attached hydrogen (secondary N) is 1. The second kappa shape index (κ2) is 7.14. The highest BCUT2D eigenvalue weighted by Crippen LogP contribution is 2.20. The number of hydrogen-bond donors (Lipinski definition) is 1. The van der Waals surface area contributed by atoms with Gasteiger partial charge in [0.2, 0.25) is 0 Å². The van der Waals surface area contributed by atoms with Crippen LogP contribution in [-0.4, -0.2) is 12.3 Å². The molecule has 21 heavy (non-hydrogen) atoms. The quantitative estimate of drug-likeness (QED) is 0.630. The van der Waals surface area contributed by atoms with Crippen LogP contribution in [0.15, 0.2) is 47.6 Å². The molecule has 0 aliphatic rings. The number of anilines is 1. The van der Waals surface area contributed by atoms with E-state index in [-0.39, 0.29) is 6.10 Å². The molecule has 2 rings (SSSR count). The Bertz CT molecular complexity index is 638. The topological polar surface area (TPSA) is 33.6 Å². The van der Waals surface area contributed by atoms with Gasteiger partial charge in [0.15, 0.2) is 0 Å². The number of hydrazone groups is 1. The van der Waals surface area contributed by atoms with Gasteiger partial charge in [0.25, 0.3) is 0 Å². The van der Waals surface area contributed by atoms with Gasteiger partial charge in [0, 0.05) is 10.6 Å². The zero-order valence-electron chi connectivity index (χ0n) is 12.4. The van der Waals surface area contributed by atoms with E-state index < -0.39 is 0 Å². The van der Waals surface area contributed by atoms with Crippen LogP contribution < -0.4 is 10.2 Å². The van der Waals surface area contributed by atoms with E-state index in [0.717, 1.165) is 27.6 Å². The molecule has 0 fully saturated rings. The van der Waals surface area contributed by atoms with Crippen molar-refractivity contribution in [3.63, 3.8) is 0 Å².